The molecule has 25 heavy (non-hydrogen) atoms. The first kappa shape index (κ1) is 18.0. The summed E-state index contributed by atoms with van der Waals surface area (Å²) in [7, 11) is 0. The van der Waals surface area contributed by atoms with Crippen molar-refractivity contribution in [3.8, 4) is 0 Å². The number of nitrogens with one attached hydrogen (secondary N) is 1. The second-order valence-corrected chi connectivity index (χ2v) is 6.91. The molecule has 132 valence electrons. The minimum atomic E-state index is -0.561. The maximum Gasteiger partial charge on any atom is 0.336 e. The highest BCUT2D eigenvalue weighted by atomic mass is 35.5. The van der Waals surface area contributed by atoms with Crippen molar-refractivity contribution in [2.75, 3.05) is 6.61 Å². The number of benzene rings is 1. The molecular weight excluding hydrogens is 361 g/mol. The number of Topliss-reactive ketones (excluding diaryl/α,β-unsaturated/α-hetero) is 1. The average molecular weight is 380 g/mol. The molecule has 3 rings (SSSR count). The van der Waals surface area contributed by atoms with Gasteiger partial charge in [-0.3, -0.25) is 4.79 Å². The van der Waals surface area contributed by atoms with Gasteiger partial charge in [0, 0.05) is 29.3 Å². The molecule has 4 nitrogen and oxygen atoms in total. The zero-order valence-electron chi connectivity index (χ0n) is 14.1. The fourth-order valence-electron chi connectivity index (χ4n) is 3.52. The Kier molecular flexibility index (Phi) is 5.21. The van der Waals surface area contributed by atoms with E-state index >= 15 is 0 Å². The molecule has 0 saturated carbocycles. The van der Waals surface area contributed by atoms with Gasteiger partial charge in [0.1, 0.15) is 0 Å². The summed E-state index contributed by atoms with van der Waals surface area (Å²) in [6, 6.07) is 5.27. The van der Waals surface area contributed by atoms with E-state index in [2.05, 4.69) is 5.32 Å². The standard InChI is InChI=1S/C19H19Cl2NO3/c1-3-25-19(24)15-10(2)22-13-8-5-9-14(23)17(13)16(15)11-6-4-7-12(20)18(11)21/h4,6-7,16,22H,3,5,8-9H2,1-2H3/t16-/m1/s1. The first-order valence-electron chi connectivity index (χ1n) is 8.30. The largest absolute Gasteiger partial charge is 0.463 e. The first-order valence-corrected chi connectivity index (χ1v) is 9.06. The number of ketones is 1. The zero-order valence-corrected chi connectivity index (χ0v) is 15.6. The van der Waals surface area contributed by atoms with E-state index in [1.165, 1.54) is 0 Å². The Hall–Kier alpha value is -1.78. The lowest BCUT2D eigenvalue weighted by Crippen LogP contribution is -2.34. The van der Waals surface area contributed by atoms with E-state index in [1.54, 1.807) is 19.1 Å². The van der Waals surface area contributed by atoms with E-state index < -0.39 is 11.9 Å². The number of halogens is 2. The molecule has 1 N–H and O–H groups in total. The predicted molar refractivity (Wildman–Crippen MR) is 97.6 cm³/mol. The third-order valence-corrected chi connectivity index (χ3v) is 5.40. The lowest BCUT2D eigenvalue weighted by atomic mass is 9.75. The quantitative estimate of drug-likeness (QED) is 0.784. The molecule has 1 aliphatic carbocycles. The highest BCUT2D eigenvalue weighted by Crippen LogP contribution is 2.45. The van der Waals surface area contributed by atoms with Crippen molar-refractivity contribution in [2.24, 2.45) is 0 Å². The van der Waals surface area contributed by atoms with Crippen LogP contribution in [0.25, 0.3) is 0 Å². The van der Waals surface area contributed by atoms with Gasteiger partial charge in [-0.05, 0) is 38.3 Å². The molecule has 1 heterocycles. The number of allylic oxidation sites excluding steroid dienone is 3. The number of carbonyl (C=O) groups excluding carboxylic acids is 2. The van der Waals surface area contributed by atoms with Crippen LogP contribution in [0.1, 0.15) is 44.6 Å². The van der Waals surface area contributed by atoms with Crippen LogP contribution >= 0.6 is 23.2 Å². The number of carbonyl (C=O) groups is 2. The molecule has 6 heteroatoms. The summed E-state index contributed by atoms with van der Waals surface area (Å²) in [6.45, 7) is 3.83. The highest BCUT2D eigenvalue weighted by molar-refractivity contribution is 6.42. The molecule has 1 aliphatic heterocycles. The van der Waals surface area contributed by atoms with Crippen LogP contribution in [0, 0.1) is 0 Å². The fraction of sp³-hybridized carbons (Fsp3) is 0.368. The van der Waals surface area contributed by atoms with Gasteiger partial charge in [0.25, 0.3) is 0 Å². The van der Waals surface area contributed by atoms with Crippen LogP contribution in [0.15, 0.2) is 40.7 Å². The van der Waals surface area contributed by atoms with Crippen LogP contribution in [0.3, 0.4) is 0 Å². The van der Waals surface area contributed by atoms with Gasteiger partial charge in [-0.1, -0.05) is 35.3 Å². The van der Waals surface area contributed by atoms with Gasteiger partial charge in [0.05, 0.1) is 22.2 Å². The van der Waals surface area contributed by atoms with Crippen molar-refractivity contribution < 1.29 is 14.3 Å². The molecule has 0 amide bonds. The van der Waals surface area contributed by atoms with E-state index in [0.29, 0.717) is 38.9 Å². The highest BCUT2D eigenvalue weighted by Gasteiger charge is 2.40. The number of dihydropyridines is 1. The Balaban J connectivity index is 2.22. The van der Waals surface area contributed by atoms with Crippen LogP contribution < -0.4 is 5.32 Å². The van der Waals surface area contributed by atoms with Crippen molar-refractivity contribution in [3.63, 3.8) is 0 Å². The summed E-state index contributed by atoms with van der Waals surface area (Å²) in [5.74, 6) is -0.975. The molecular formula is C19H19Cl2NO3. The van der Waals surface area contributed by atoms with Crippen molar-refractivity contribution in [3.05, 3.63) is 56.3 Å². The number of rotatable bonds is 3. The molecule has 2 aliphatic rings. The maximum atomic E-state index is 12.7. The Bertz CT molecular complexity index is 811. The number of ether oxygens (including phenoxy) is 1. The lowest BCUT2D eigenvalue weighted by Gasteiger charge is -2.34. The van der Waals surface area contributed by atoms with E-state index in [9.17, 15) is 9.59 Å². The summed E-state index contributed by atoms with van der Waals surface area (Å²) < 4.78 is 5.24. The zero-order chi connectivity index (χ0) is 18.1. The topological polar surface area (TPSA) is 55.4 Å². The van der Waals surface area contributed by atoms with Gasteiger partial charge >= 0.3 is 5.97 Å². The Morgan fingerprint density at radius 2 is 2.08 bits per heavy atom. The summed E-state index contributed by atoms with van der Waals surface area (Å²) in [4.78, 5) is 25.3. The van der Waals surface area contributed by atoms with Gasteiger partial charge in [-0.2, -0.15) is 0 Å². The molecule has 0 bridgehead atoms. The van der Waals surface area contributed by atoms with Crippen LogP contribution in [-0.4, -0.2) is 18.4 Å². The van der Waals surface area contributed by atoms with Gasteiger partial charge in [-0.15, -0.1) is 0 Å². The minimum absolute atomic E-state index is 0.0316. The summed E-state index contributed by atoms with van der Waals surface area (Å²) in [5.41, 5.74) is 3.22. The molecule has 0 fully saturated rings. The SMILES string of the molecule is CCOC(=O)C1=C(C)NC2=C(C(=O)CCC2)[C@@H]1c1cccc(Cl)c1Cl. The summed E-state index contributed by atoms with van der Waals surface area (Å²) in [6.07, 6.45) is 2.02. The molecule has 0 aromatic heterocycles. The second kappa shape index (κ2) is 7.22. The van der Waals surface area contributed by atoms with E-state index in [1.807, 2.05) is 13.0 Å². The van der Waals surface area contributed by atoms with Crippen molar-refractivity contribution >= 4 is 35.0 Å². The number of hydrogen-bond donors (Lipinski definition) is 1. The van der Waals surface area contributed by atoms with E-state index in [0.717, 1.165) is 18.5 Å². The van der Waals surface area contributed by atoms with Crippen LogP contribution in [0.2, 0.25) is 10.0 Å². The van der Waals surface area contributed by atoms with Crippen LogP contribution in [-0.2, 0) is 14.3 Å². The number of esters is 1. The van der Waals surface area contributed by atoms with E-state index in [4.69, 9.17) is 27.9 Å². The average Bonchev–Trinajstić information content (AvgIpc) is 2.56. The number of hydrogen-bond acceptors (Lipinski definition) is 4. The monoisotopic (exact) mass is 379 g/mol. The summed E-state index contributed by atoms with van der Waals surface area (Å²) >= 11 is 12.6. The third kappa shape index (κ3) is 3.21. The van der Waals surface area contributed by atoms with Gasteiger partial charge in [0.2, 0.25) is 0 Å². The van der Waals surface area contributed by atoms with Crippen molar-refractivity contribution in [1.82, 2.24) is 5.32 Å². The Labute approximate surface area is 156 Å². The molecule has 0 unspecified atom stereocenters. The molecule has 0 saturated heterocycles. The summed E-state index contributed by atoms with van der Waals surface area (Å²) in [5, 5.41) is 3.98. The maximum absolute atomic E-state index is 12.7. The minimum Gasteiger partial charge on any atom is -0.463 e. The van der Waals surface area contributed by atoms with Gasteiger partial charge < -0.3 is 10.1 Å². The Morgan fingerprint density at radius 1 is 1.32 bits per heavy atom. The molecule has 0 radical (unpaired) electrons. The second-order valence-electron chi connectivity index (χ2n) is 6.13. The van der Waals surface area contributed by atoms with Gasteiger partial charge in [0.15, 0.2) is 5.78 Å². The molecule has 1 aromatic rings. The smallest absolute Gasteiger partial charge is 0.336 e. The van der Waals surface area contributed by atoms with Crippen LogP contribution in [0.4, 0.5) is 0 Å². The predicted octanol–water partition coefficient (Wildman–Crippen LogP) is 4.52. The molecule has 0 spiro atoms. The van der Waals surface area contributed by atoms with Gasteiger partial charge in [-0.25, -0.2) is 4.79 Å². The molecule has 1 aromatic carbocycles. The van der Waals surface area contributed by atoms with E-state index in [-0.39, 0.29) is 12.4 Å². The first-order chi connectivity index (χ1) is 12.0. The third-order valence-electron chi connectivity index (χ3n) is 4.56. The Morgan fingerprint density at radius 3 is 2.80 bits per heavy atom. The van der Waals surface area contributed by atoms with Crippen molar-refractivity contribution in [1.29, 1.82) is 0 Å². The van der Waals surface area contributed by atoms with Crippen molar-refractivity contribution in [2.45, 2.75) is 39.0 Å². The normalized spacial score (nSPS) is 20.3. The fourth-order valence-corrected chi connectivity index (χ4v) is 3.93. The lowest BCUT2D eigenvalue weighted by molar-refractivity contribution is -0.138. The molecule has 1 atom stereocenters. The van der Waals surface area contributed by atoms with Crippen LogP contribution in [0.5, 0.6) is 0 Å².